The highest BCUT2D eigenvalue weighted by Crippen LogP contribution is 2.37. The minimum Gasteiger partial charge on any atom is -0.486 e. The van der Waals surface area contributed by atoms with Crippen LogP contribution in [-0.2, 0) is 11.4 Å². The number of carbonyl (C=O) groups excluding carboxylic acids is 1. The van der Waals surface area contributed by atoms with Crippen molar-refractivity contribution in [2.24, 2.45) is 4.99 Å². The van der Waals surface area contributed by atoms with Crippen molar-refractivity contribution in [3.63, 3.8) is 0 Å². The summed E-state index contributed by atoms with van der Waals surface area (Å²) in [6.45, 7) is 2.40. The normalized spacial score (nSPS) is 17.2. The molecule has 1 aliphatic rings. The number of aryl methyl sites for hydroxylation is 1. The first-order valence-corrected chi connectivity index (χ1v) is 9.78. The number of aliphatic imine (C=N–C) groups is 1. The molecule has 4 nitrogen and oxygen atoms in total. The highest BCUT2D eigenvalue weighted by molar-refractivity contribution is 8.18. The second-order valence-electron chi connectivity index (χ2n) is 6.07. The van der Waals surface area contributed by atoms with Gasteiger partial charge < -0.3 is 4.74 Å². The molecule has 2 aromatic rings. The van der Waals surface area contributed by atoms with Gasteiger partial charge in [0, 0.05) is 14.1 Å². The second kappa shape index (κ2) is 8.38. The topological polar surface area (TPSA) is 41.9 Å². The molecule has 0 atom stereocenters. The molecule has 1 aliphatic heterocycles. The van der Waals surface area contributed by atoms with E-state index in [0.717, 1.165) is 16.7 Å². The van der Waals surface area contributed by atoms with E-state index in [1.165, 1.54) is 16.7 Å². The van der Waals surface area contributed by atoms with Gasteiger partial charge in [0.2, 0.25) is 0 Å². The first kappa shape index (κ1) is 19.8. The number of hydrogen-bond donors (Lipinski definition) is 0. The smallest absolute Gasteiger partial charge is 0.266 e. The van der Waals surface area contributed by atoms with E-state index in [2.05, 4.69) is 4.99 Å². The number of benzene rings is 2. The molecule has 0 N–H and O–H groups in total. The molecule has 0 aliphatic carbocycles. The van der Waals surface area contributed by atoms with Gasteiger partial charge in [-0.25, -0.2) is 0 Å². The van der Waals surface area contributed by atoms with E-state index >= 15 is 0 Å². The Morgan fingerprint density at radius 3 is 2.52 bits per heavy atom. The Labute approximate surface area is 172 Å². The number of thioether (sulfide) groups is 1. The van der Waals surface area contributed by atoms with Crippen molar-refractivity contribution in [3.05, 3.63) is 68.0 Å². The quantitative estimate of drug-likeness (QED) is 0.620. The molecule has 0 radical (unpaired) electrons. The summed E-state index contributed by atoms with van der Waals surface area (Å²) in [6.07, 6.45) is 1.75. The van der Waals surface area contributed by atoms with Crippen LogP contribution in [0.25, 0.3) is 6.08 Å². The zero-order valence-electron chi connectivity index (χ0n) is 15.1. The van der Waals surface area contributed by atoms with Gasteiger partial charge in [0.15, 0.2) is 10.9 Å². The highest BCUT2D eigenvalue weighted by atomic mass is 35.5. The van der Waals surface area contributed by atoms with Crippen LogP contribution in [0.2, 0.25) is 10.0 Å². The SMILES string of the molecule is CN=C1S/C(=C/c2cc(Cl)c(OCc3cccc(C)c3)c(Cl)c2)C(=O)N1C. The zero-order valence-corrected chi connectivity index (χ0v) is 17.5. The molecule has 2 aromatic carbocycles. The van der Waals surface area contributed by atoms with Gasteiger partial charge in [-0.3, -0.25) is 14.7 Å². The molecule has 1 fully saturated rings. The average Bonchev–Trinajstić information content (AvgIpc) is 2.89. The van der Waals surface area contributed by atoms with Crippen molar-refractivity contribution in [1.82, 2.24) is 4.90 Å². The number of amidine groups is 1. The number of ether oxygens (including phenoxy) is 1. The predicted molar refractivity (Wildman–Crippen MR) is 114 cm³/mol. The molecule has 3 rings (SSSR count). The van der Waals surface area contributed by atoms with Gasteiger partial charge in [0.1, 0.15) is 6.61 Å². The van der Waals surface area contributed by atoms with Crippen LogP contribution >= 0.6 is 35.0 Å². The minimum absolute atomic E-state index is 0.104. The third-order valence-corrected chi connectivity index (χ3v) is 5.69. The van der Waals surface area contributed by atoms with Gasteiger partial charge in [-0.05, 0) is 48.0 Å². The third kappa shape index (κ3) is 4.49. The van der Waals surface area contributed by atoms with Crippen LogP contribution in [0, 0.1) is 6.92 Å². The fraction of sp³-hybridized carbons (Fsp3) is 0.200. The standard InChI is InChI=1S/C20H18Cl2N2O2S/c1-12-5-4-6-13(7-12)11-26-18-15(21)8-14(9-16(18)22)10-17-19(25)24(3)20(23-2)27-17/h4-10H,11H2,1-3H3/b17-10+,23-20?. The maximum absolute atomic E-state index is 12.3. The summed E-state index contributed by atoms with van der Waals surface area (Å²) in [6, 6.07) is 11.5. The first-order valence-electron chi connectivity index (χ1n) is 8.21. The molecule has 140 valence electrons. The zero-order chi connectivity index (χ0) is 19.6. The Morgan fingerprint density at radius 1 is 1.22 bits per heavy atom. The fourth-order valence-corrected chi connectivity index (χ4v) is 4.20. The van der Waals surface area contributed by atoms with Crippen molar-refractivity contribution in [1.29, 1.82) is 0 Å². The van der Waals surface area contributed by atoms with E-state index in [4.69, 9.17) is 27.9 Å². The largest absolute Gasteiger partial charge is 0.486 e. The number of rotatable bonds is 4. The summed E-state index contributed by atoms with van der Waals surface area (Å²) in [5, 5.41) is 1.45. The van der Waals surface area contributed by atoms with E-state index in [-0.39, 0.29) is 5.91 Å². The lowest BCUT2D eigenvalue weighted by Crippen LogP contribution is -2.23. The molecular weight excluding hydrogens is 403 g/mol. The molecule has 1 heterocycles. The lowest BCUT2D eigenvalue weighted by Gasteiger charge is -2.11. The van der Waals surface area contributed by atoms with Crippen LogP contribution in [0.4, 0.5) is 0 Å². The molecule has 1 amide bonds. The lowest BCUT2D eigenvalue weighted by molar-refractivity contribution is -0.121. The van der Waals surface area contributed by atoms with Crippen LogP contribution in [0.1, 0.15) is 16.7 Å². The summed E-state index contributed by atoms with van der Waals surface area (Å²) in [5.74, 6) is 0.327. The Balaban J connectivity index is 1.81. The molecule has 27 heavy (non-hydrogen) atoms. The summed E-state index contributed by atoms with van der Waals surface area (Å²) >= 11 is 14.1. The van der Waals surface area contributed by atoms with E-state index in [1.807, 2.05) is 31.2 Å². The molecule has 0 aromatic heterocycles. The Kier molecular flexibility index (Phi) is 6.15. The van der Waals surface area contributed by atoms with Crippen molar-refractivity contribution < 1.29 is 9.53 Å². The van der Waals surface area contributed by atoms with Crippen molar-refractivity contribution in [3.8, 4) is 5.75 Å². The van der Waals surface area contributed by atoms with Crippen LogP contribution in [0.3, 0.4) is 0 Å². The second-order valence-corrected chi connectivity index (χ2v) is 7.90. The maximum atomic E-state index is 12.3. The van der Waals surface area contributed by atoms with E-state index < -0.39 is 0 Å². The summed E-state index contributed by atoms with van der Waals surface area (Å²) in [4.78, 5) is 18.4. The Morgan fingerprint density at radius 2 is 1.93 bits per heavy atom. The first-order chi connectivity index (χ1) is 12.9. The van der Waals surface area contributed by atoms with Gasteiger partial charge in [-0.15, -0.1) is 0 Å². The predicted octanol–water partition coefficient (Wildman–Crippen LogP) is 5.41. The fourth-order valence-electron chi connectivity index (χ4n) is 2.66. The molecule has 0 unspecified atom stereocenters. The van der Waals surface area contributed by atoms with Gasteiger partial charge in [-0.2, -0.15) is 0 Å². The lowest BCUT2D eigenvalue weighted by atomic mass is 10.1. The third-order valence-electron chi connectivity index (χ3n) is 3.98. The Bertz CT molecular complexity index is 934. The van der Waals surface area contributed by atoms with Gasteiger partial charge in [0.25, 0.3) is 5.91 Å². The van der Waals surface area contributed by atoms with Crippen LogP contribution in [0.15, 0.2) is 46.3 Å². The summed E-state index contributed by atoms with van der Waals surface area (Å²) in [5.41, 5.74) is 2.93. The molecule has 7 heteroatoms. The van der Waals surface area contributed by atoms with E-state index in [0.29, 0.717) is 32.5 Å². The monoisotopic (exact) mass is 420 g/mol. The van der Waals surface area contributed by atoms with Crippen LogP contribution < -0.4 is 4.74 Å². The molecule has 0 saturated carbocycles. The number of carbonyl (C=O) groups is 1. The van der Waals surface area contributed by atoms with Crippen molar-refractivity contribution >= 4 is 52.1 Å². The van der Waals surface area contributed by atoms with Crippen molar-refractivity contribution in [2.75, 3.05) is 14.1 Å². The Hall–Kier alpha value is -1.95. The molecule has 0 bridgehead atoms. The van der Waals surface area contributed by atoms with Gasteiger partial charge in [-0.1, -0.05) is 53.0 Å². The number of amides is 1. The molecular formula is C20H18Cl2N2O2S. The average molecular weight is 421 g/mol. The van der Waals surface area contributed by atoms with E-state index in [9.17, 15) is 4.79 Å². The van der Waals surface area contributed by atoms with Gasteiger partial charge >= 0.3 is 0 Å². The molecule has 1 saturated heterocycles. The van der Waals surface area contributed by atoms with Gasteiger partial charge in [0.05, 0.1) is 15.0 Å². The summed E-state index contributed by atoms with van der Waals surface area (Å²) in [7, 11) is 3.35. The maximum Gasteiger partial charge on any atom is 0.266 e. The van der Waals surface area contributed by atoms with Crippen molar-refractivity contribution in [2.45, 2.75) is 13.5 Å². The number of nitrogens with zero attached hydrogens (tertiary/aromatic N) is 2. The number of likely N-dealkylation sites (N-methyl/N-ethyl adjacent to an activating group) is 1. The van der Waals surface area contributed by atoms with Crippen LogP contribution in [0.5, 0.6) is 5.75 Å². The summed E-state index contributed by atoms with van der Waals surface area (Å²) < 4.78 is 5.82. The van der Waals surface area contributed by atoms with Crippen LogP contribution in [-0.4, -0.2) is 30.1 Å². The molecule has 0 spiro atoms. The highest BCUT2D eigenvalue weighted by Gasteiger charge is 2.29. The number of hydrogen-bond acceptors (Lipinski definition) is 4. The number of halogens is 2. The minimum atomic E-state index is -0.104. The van der Waals surface area contributed by atoms with E-state index in [1.54, 1.807) is 32.3 Å².